The predicted molar refractivity (Wildman–Crippen MR) is 112 cm³/mol. The van der Waals surface area contributed by atoms with E-state index in [2.05, 4.69) is 33.5 Å². The molecule has 6 nitrogen and oxygen atoms in total. The zero-order valence-electron chi connectivity index (χ0n) is 16.0. The maximum Gasteiger partial charge on any atom is 0.232 e. The van der Waals surface area contributed by atoms with E-state index in [1.54, 1.807) is 0 Å². The molecule has 5 rings (SSSR count). The standard InChI is InChI=1S/C21H19FN4O2S/c1-3-28-16-6-10(2)18(13-9-23-26-19(13)16)11-4-5-15-17(7-11)29-21(24-15)25-20(27)12-8-14(12)22/h4-7,9,12,14H,3,8H2,1-2H3,(H,23,26)(H,24,25,27)/t12-,14+/m1/s1. The van der Waals surface area contributed by atoms with Crippen LogP contribution in [0, 0.1) is 12.8 Å². The Balaban J connectivity index is 1.54. The van der Waals surface area contributed by atoms with Gasteiger partial charge in [-0.3, -0.25) is 9.89 Å². The van der Waals surface area contributed by atoms with E-state index < -0.39 is 12.1 Å². The Bertz CT molecular complexity index is 1250. The molecule has 1 saturated carbocycles. The van der Waals surface area contributed by atoms with Crippen molar-refractivity contribution in [3.8, 4) is 16.9 Å². The molecule has 0 bridgehead atoms. The SMILES string of the molecule is CCOc1cc(C)c(-c2ccc3nc(NC(=O)[C@@H]4C[C@@H]4F)sc3c2)c2cn[nH]c12. The first kappa shape index (κ1) is 18.1. The Morgan fingerprint density at radius 3 is 3.00 bits per heavy atom. The first-order valence-electron chi connectivity index (χ1n) is 9.50. The van der Waals surface area contributed by atoms with Crippen molar-refractivity contribution < 1.29 is 13.9 Å². The summed E-state index contributed by atoms with van der Waals surface area (Å²) in [7, 11) is 0. The second-order valence-electron chi connectivity index (χ2n) is 7.21. The smallest absolute Gasteiger partial charge is 0.232 e. The maximum absolute atomic E-state index is 13.1. The summed E-state index contributed by atoms with van der Waals surface area (Å²) < 4.78 is 19.8. The van der Waals surface area contributed by atoms with Crippen molar-refractivity contribution in [1.82, 2.24) is 15.2 Å². The van der Waals surface area contributed by atoms with E-state index in [0.717, 1.165) is 43.6 Å². The molecule has 0 aliphatic heterocycles. The number of amides is 1. The molecule has 1 amide bonds. The molecule has 2 N–H and O–H groups in total. The monoisotopic (exact) mass is 410 g/mol. The lowest BCUT2D eigenvalue weighted by molar-refractivity contribution is -0.117. The number of rotatable bonds is 5. The number of carbonyl (C=O) groups excluding carboxylic acids is 1. The summed E-state index contributed by atoms with van der Waals surface area (Å²) in [6.07, 6.45) is 1.10. The highest BCUT2D eigenvalue weighted by Gasteiger charge is 2.43. The van der Waals surface area contributed by atoms with Crippen molar-refractivity contribution >= 4 is 43.5 Å². The van der Waals surface area contributed by atoms with E-state index >= 15 is 0 Å². The first-order chi connectivity index (χ1) is 14.0. The minimum absolute atomic E-state index is 0.292. The number of benzene rings is 2. The van der Waals surface area contributed by atoms with Gasteiger partial charge in [-0.05, 0) is 55.2 Å². The van der Waals surface area contributed by atoms with Crippen LogP contribution in [-0.2, 0) is 4.79 Å². The summed E-state index contributed by atoms with van der Waals surface area (Å²) >= 11 is 1.39. The summed E-state index contributed by atoms with van der Waals surface area (Å²) in [5.41, 5.74) is 4.87. The summed E-state index contributed by atoms with van der Waals surface area (Å²) in [6.45, 7) is 4.59. The fourth-order valence-corrected chi connectivity index (χ4v) is 4.54. The highest BCUT2D eigenvalue weighted by atomic mass is 32.1. The van der Waals surface area contributed by atoms with Crippen LogP contribution in [0.5, 0.6) is 5.75 Å². The first-order valence-corrected chi connectivity index (χ1v) is 10.3. The number of halogens is 1. The van der Waals surface area contributed by atoms with Crippen LogP contribution in [0.4, 0.5) is 9.52 Å². The van der Waals surface area contributed by atoms with Gasteiger partial charge in [0.1, 0.15) is 17.4 Å². The molecule has 1 aliphatic carbocycles. The molecule has 8 heteroatoms. The number of hydrogen-bond donors (Lipinski definition) is 2. The zero-order chi connectivity index (χ0) is 20.1. The summed E-state index contributed by atoms with van der Waals surface area (Å²) in [5, 5.41) is 11.5. The number of anilines is 1. The van der Waals surface area contributed by atoms with Gasteiger partial charge in [0.05, 0.1) is 28.9 Å². The summed E-state index contributed by atoms with van der Waals surface area (Å²) in [4.78, 5) is 16.5. The third-order valence-corrected chi connectivity index (χ3v) is 6.09. The highest BCUT2D eigenvalue weighted by molar-refractivity contribution is 7.22. The molecule has 2 atom stereocenters. The summed E-state index contributed by atoms with van der Waals surface area (Å²) in [6, 6.07) is 8.03. The van der Waals surface area contributed by atoms with E-state index in [4.69, 9.17) is 4.74 Å². The number of hydrogen-bond acceptors (Lipinski definition) is 5. The van der Waals surface area contributed by atoms with Crippen LogP contribution in [0.2, 0.25) is 0 Å². The number of thiazole rings is 1. The topological polar surface area (TPSA) is 79.9 Å². The molecule has 0 unspecified atom stereocenters. The Labute approximate surface area is 170 Å². The third-order valence-electron chi connectivity index (χ3n) is 5.15. The Morgan fingerprint density at radius 1 is 1.41 bits per heavy atom. The number of carbonyl (C=O) groups is 1. The van der Waals surface area contributed by atoms with Gasteiger partial charge in [0, 0.05) is 5.39 Å². The number of alkyl halides is 1. The number of ether oxygens (including phenoxy) is 1. The number of aromatic amines is 1. The molecule has 4 aromatic rings. The van der Waals surface area contributed by atoms with Gasteiger partial charge < -0.3 is 10.1 Å². The second-order valence-corrected chi connectivity index (χ2v) is 8.24. The van der Waals surface area contributed by atoms with Crippen molar-refractivity contribution in [2.24, 2.45) is 5.92 Å². The van der Waals surface area contributed by atoms with Crippen molar-refractivity contribution in [1.29, 1.82) is 0 Å². The van der Waals surface area contributed by atoms with Gasteiger partial charge in [-0.15, -0.1) is 0 Å². The van der Waals surface area contributed by atoms with Crippen LogP contribution in [0.15, 0.2) is 30.5 Å². The van der Waals surface area contributed by atoms with Crippen LogP contribution in [0.3, 0.4) is 0 Å². The average Bonchev–Trinajstić information content (AvgIpc) is 3.07. The van der Waals surface area contributed by atoms with Gasteiger partial charge >= 0.3 is 0 Å². The van der Waals surface area contributed by atoms with Crippen LogP contribution >= 0.6 is 11.3 Å². The van der Waals surface area contributed by atoms with Gasteiger partial charge in [0.25, 0.3) is 0 Å². The largest absolute Gasteiger partial charge is 0.492 e. The Morgan fingerprint density at radius 2 is 2.24 bits per heavy atom. The predicted octanol–water partition coefficient (Wildman–Crippen LogP) is 4.84. The summed E-state index contributed by atoms with van der Waals surface area (Å²) in [5.74, 6) is -0.0333. The second kappa shape index (κ2) is 6.81. The zero-order valence-corrected chi connectivity index (χ0v) is 16.8. The van der Waals surface area contributed by atoms with Crippen LogP contribution in [-0.4, -0.2) is 33.9 Å². The molecule has 2 aromatic carbocycles. The lowest BCUT2D eigenvalue weighted by Crippen LogP contribution is -2.14. The van der Waals surface area contributed by atoms with Gasteiger partial charge in [-0.2, -0.15) is 5.10 Å². The molecule has 29 heavy (non-hydrogen) atoms. The number of H-pyrrole nitrogens is 1. The van der Waals surface area contributed by atoms with Crippen molar-refractivity contribution in [2.75, 3.05) is 11.9 Å². The molecule has 2 aromatic heterocycles. The van der Waals surface area contributed by atoms with E-state index in [0.29, 0.717) is 18.2 Å². The van der Waals surface area contributed by atoms with Crippen molar-refractivity contribution in [2.45, 2.75) is 26.4 Å². The van der Waals surface area contributed by atoms with Crippen molar-refractivity contribution in [3.05, 3.63) is 36.0 Å². The van der Waals surface area contributed by atoms with E-state index in [9.17, 15) is 9.18 Å². The third kappa shape index (κ3) is 3.13. The fourth-order valence-electron chi connectivity index (χ4n) is 3.64. The molecule has 148 valence electrons. The number of aryl methyl sites for hydroxylation is 1. The van der Waals surface area contributed by atoms with Gasteiger partial charge in [0.2, 0.25) is 5.91 Å². The molecule has 1 fully saturated rings. The number of fused-ring (bicyclic) bond motifs is 2. The normalized spacial score (nSPS) is 18.3. The lowest BCUT2D eigenvalue weighted by atomic mass is 9.96. The maximum atomic E-state index is 13.1. The van der Waals surface area contributed by atoms with E-state index in [1.807, 2.05) is 31.3 Å². The van der Waals surface area contributed by atoms with Crippen LogP contribution < -0.4 is 10.1 Å². The molecular weight excluding hydrogens is 391 g/mol. The fraction of sp³-hybridized carbons (Fsp3) is 0.286. The van der Waals surface area contributed by atoms with E-state index in [-0.39, 0.29) is 5.91 Å². The quantitative estimate of drug-likeness (QED) is 0.493. The van der Waals surface area contributed by atoms with Crippen LogP contribution in [0.25, 0.3) is 32.2 Å². The number of nitrogens with zero attached hydrogens (tertiary/aromatic N) is 2. The average molecular weight is 410 g/mol. The van der Waals surface area contributed by atoms with Crippen molar-refractivity contribution in [3.63, 3.8) is 0 Å². The molecule has 2 heterocycles. The molecule has 0 saturated heterocycles. The number of aromatic nitrogens is 3. The van der Waals surface area contributed by atoms with E-state index in [1.165, 1.54) is 11.3 Å². The number of nitrogens with one attached hydrogen (secondary N) is 2. The van der Waals surface area contributed by atoms with Gasteiger partial charge in [-0.1, -0.05) is 17.4 Å². The molecule has 0 radical (unpaired) electrons. The van der Waals surface area contributed by atoms with Gasteiger partial charge in [0.15, 0.2) is 5.13 Å². The minimum atomic E-state index is -1.02. The minimum Gasteiger partial charge on any atom is -0.492 e. The lowest BCUT2D eigenvalue weighted by Gasteiger charge is -2.12. The Kier molecular flexibility index (Phi) is 4.24. The highest BCUT2D eigenvalue weighted by Crippen LogP contribution is 2.39. The molecule has 0 spiro atoms. The molecular formula is C21H19FN4O2S. The Hall–Kier alpha value is -3.00. The van der Waals surface area contributed by atoms with Crippen LogP contribution in [0.1, 0.15) is 18.9 Å². The molecule has 1 aliphatic rings. The van der Waals surface area contributed by atoms with Gasteiger partial charge in [-0.25, -0.2) is 9.37 Å².